The van der Waals surface area contributed by atoms with Gasteiger partial charge in [0.25, 0.3) is 0 Å². The maximum Gasteiger partial charge on any atom is 0.420 e. The number of amides is 1. The molecule has 228 valence electrons. The van der Waals surface area contributed by atoms with Crippen LogP contribution in [0.2, 0.25) is 0 Å². The van der Waals surface area contributed by atoms with Crippen LogP contribution >= 0.6 is 0 Å². The van der Waals surface area contributed by atoms with Gasteiger partial charge in [-0.25, -0.2) is 17.9 Å². The number of hydrogen-bond donors (Lipinski definition) is 2. The average molecular weight is 580 g/mol. The summed E-state index contributed by atoms with van der Waals surface area (Å²) in [7, 11) is -3.68. The first-order chi connectivity index (χ1) is 18.9. The van der Waals surface area contributed by atoms with E-state index in [1.165, 1.54) is 0 Å². The van der Waals surface area contributed by atoms with Crippen molar-refractivity contribution in [3.8, 4) is 0 Å². The van der Waals surface area contributed by atoms with Gasteiger partial charge >= 0.3 is 6.09 Å². The summed E-state index contributed by atoms with van der Waals surface area (Å²) in [6.45, 7) is 9.45. The zero-order chi connectivity index (χ0) is 28.9. The molecule has 10 atom stereocenters. The summed E-state index contributed by atoms with van der Waals surface area (Å²) in [6.07, 6.45) is 11.5. The molecule has 0 aliphatic heterocycles. The van der Waals surface area contributed by atoms with Gasteiger partial charge in [0, 0.05) is 11.8 Å². The van der Waals surface area contributed by atoms with Crippen molar-refractivity contribution in [1.29, 1.82) is 0 Å². The van der Waals surface area contributed by atoms with Gasteiger partial charge < -0.3 is 9.84 Å². The van der Waals surface area contributed by atoms with Crippen molar-refractivity contribution in [3.05, 3.63) is 0 Å². The molecule has 0 aromatic carbocycles. The predicted molar refractivity (Wildman–Crippen MR) is 155 cm³/mol. The molecule has 3 unspecified atom stereocenters. The van der Waals surface area contributed by atoms with Crippen LogP contribution in [0, 0.1) is 52.3 Å². The second-order valence-electron chi connectivity index (χ2n) is 14.7. The van der Waals surface area contributed by atoms with E-state index >= 15 is 0 Å². The quantitative estimate of drug-likeness (QED) is 0.370. The number of aliphatic hydroxyl groups is 1. The summed E-state index contributed by atoms with van der Waals surface area (Å²) in [5.41, 5.74) is 0.237. The van der Waals surface area contributed by atoms with Crippen LogP contribution in [0.25, 0.3) is 0 Å². The number of carbonyl (C=O) groups is 2. The van der Waals surface area contributed by atoms with Gasteiger partial charge in [-0.3, -0.25) is 4.79 Å². The van der Waals surface area contributed by atoms with Crippen molar-refractivity contribution in [1.82, 2.24) is 4.72 Å². The normalized spacial score (nSPS) is 42.8. The van der Waals surface area contributed by atoms with E-state index in [2.05, 4.69) is 32.4 Å². The van der Waals surface area contributed by atoms with E-state index in [9.17, 15) is 23.1 Å². The first-order valence-electron chi connectivity index (χ1n) is 16.3. The highest BCUT2D eigenvalue weighted by atomic mass is 32.2. The molecule has 5 aliphatic rings. The molecule has 1 amide bonds. The molecule has 40 heavy (non-hydrogen) atoms. The molecule has 5 rings (SSSR count). The van der Waals surface area contributed by atoms with Gasteiger partial charge in [-0.1, -0.05) is 47.0 Å². The summed E-state index contributed by atoms with van der Waals surface area (Å²) >= 11 is 0. The molecular weight excluding hydrogens is 526 g/mol. The molecule has 5 saturated carbocycles. The second kappa shape index (κ2) is 11.5. The zero-order valence-corrected chi connectivity index (χ0v) is 26.0. The number of sulfonamides is 1. The number of rotatable bonds is 7. The lowest BCUT2D eigenvalue weighted by molar-refractivity contribution is -0.173. The fourth-order valence-corrected chi connectivity index (χ4v) is 12.2. The number of carbonyl (C=O) groups excluding carboxylic acids is 2. The van der Waals surface area contributed by atoms with Crippen molar-refractivity contribution >= 4 is 21.9 Å². The third-order valence-electron chi connectivity index (χ3n) is 12.9. The summed E-state index contributed by atoms with van der Waals surface area (Å²) in [5, 5.41) is 9.99. The largest absolute Gasteiger partial charge is 0.449 e. The Balaban J connectivity index is 1.21. The van der Waals surface area contributed by atoms with Crippen LogP contribution < -0.4 is 4.72 Å². The molecule has 5 aliphatic carbocycles. The maximum atomic E-state index is 14.1. The maximum absolute atomic E-state index is 14.1. The van der Waals surface area contributed by atoms with Crippen LogP contribution in [0.4, 0.5) is 4.79 Å². The number of aliphatic hydroxyl groups excluding tert-OH is 1. The van der Waals surface area contributed by atoms with Gasteiger partial charge in [0.05, 0.1) is 18.0 Å². The fourth-order valence-electron chi connectivity index (χ4n) is 10.8. The van der Waals surface area contributed by atoms with Crippen LogP contribution in [0.1, 0.15) is 118 Å². The highest BCUT2D eigenvalue weighted by Gasteiger charge is 2.65. The standard InChI is InChI=1S/C32H53NO6S/c1-5-23-27-19-21(34)13-16-32(27,4)26-14-17-31(3)24(11-12-25(31)28(26)29(23)35)20(2)15-18-39-30(36)33-40(37,38)22-9-7-6-8-10-22/h20-28,34H,5-19H2,1-4H3,(H,33,36)/t20-,21-,23-,24-,25?,26+,27?,28?,31-,32-/m1/s1. The number of fused-ring (bicyclic) bond motifs is 5. The van der Waals surface area contributed by atoms with Crippen molar-refractivity contribution in [3.63, 3.8) is 0 Å². The molecule has 2 N–H and O–H groups in total. The van der Waals surface area contributed by atoms with Gasteiger partial charge in [0.2, 0.25) is 10.0 Å². The molecule has 5 fully saturated rings. The van der Waals surface area contributed by atoms with E-state index in [4.69, 9.17) is 4.74 Å². The van der Waals surface area contributed by atoms with Crippen molar-refractivity contribution in [2.45, 2.75) is 129 Å². The van der Waals surface area contributed by atoms with Crippen LogP contribution in [0.15, 0.2) is 0 Å². The van der Waals surface area contributed by atoms with Gasteiger partial charge in [-0.05, 0) is 111 Å². The molecule has 0 aromatic heterocycles. The fraction of sp³-hybridized carbons (Fsp3) is 0.938. The molecule has 8 heteroatoms. The third kappa shape index (κ3) is 5.26. The molecule has 0 aromatic rings. The predicted octanol–water partition coefficient (Wildman–Crippen LogP) is 6.24. The van der Waals surface area contributed by atoms with Crippen molar-refractivity contribution < 1.29 is 27.9 Å². The highest BCUT2D eigenvalue weighted by molar-refractivity contribution is 7.90. The molecule has 0 bridgehead atoms. The van der Waals surface area contributed by atoms with Crippen molar-refractivity contribution in [2.75, 3.05) is 6.61 Å². The van der Waals surface area contributed by atoms with E-state index in [-0.39, 0.29) is 35.4 Å². The Labute approximate surface area is 242 Å². The number of ether oxygens (including phenoxy) is 1. The van der Waals surface area contributed by atoms with Crippen LogP contribution in [-0.2, 0) is 19.6 Å². The van der Waals surface area contributed by atoms with Gasteiger partial charge in [0.15, 0.2) is 0 Å². The number of ketones is 1. The third-order valence-corrected chi connectivity index (χ3v) is 14.7. The van der Waals surface area contributed by atoms with E-state index in [0.717, 1.165) is 70.6 Å². The van der Waals surface area contributed by atoms with E-state index in [1.54, 1.807) is 0 Å². The highest BCUT2D eigenvalue weighted by Crippen LogP contribution is 2.68. The Morgan fingerprint density at radius 1 is 1.00 bits per heavy atom. The summed E-state index contributed by atoms with van der Waals surface area (Å²) < 4.78 is 32.7. The lowest BCUT2D eigenvalue weighted by Gasteiger charge is -2.62. The first-order valence-corrected chi connectivity index (χ1v) is 17.9. The van der Waals surface area contributed by atoms with E-state index < -0.39 is 21.4 Å². The van der Waals surface area contributed by atoms with E-state index in [1.807, 2.05) is 0 Å². The smallest absolute Gasteiger partial charge is 0.420 e. The molecular formula is C32H53NO6S. The minimum Gasteiger partial charge on any atom is -0.449 e. The Bertz CT molecular complexity index is 1060. The molecule has 0 saturated heterocycles. The number of nitrogens with one attached hydrogen (secondary N) is 1. The Hall–Kier alpha value is -1.15. The lowest BCUT2D eigenvalue weighted by Crippen LogP contribution is -2.60. The molecule has 0 heterocycles. The molecule has 0 radical (unpaired) electrons. The lowest BCUT2D eigenvalue weighted by atomic mass is 9.42. The van der Waals surface area contributed by atoms with Crippen molar-refractivity contribution in [2.24, 2.45) is 52.3 Å². The molecule has 0 spiro atoms. The van der Waals surface area contributed by atoms with Gasteiger partial charge in [0.1, 0.15) is 5.78 Å². The number of Topliss-reactive ketones (excluding diaryl/α,β-unsaturated/α-hetero) is 1. The minimum atomic E-state index is -3.68. The Morgan fingerprint density at radius 3 is 2.38 bits per heavy atom. The van der Waals surface area contributed by atoms with Gasteiger partial charge in [-0.2, -0.15) is 0 Å². The second-order valence-corrected chi connectivity index (χ2v) is 16.7. The topological polar surface area (TPSA) is 110 Å². The number of hydrogen-bond acceptors (Lipinski definition) is 6. The monoisotopic (exact) mass is 579 g/mol. The van der Waals surface area contributed by atoms with Crippen LogP contribution in [-0.4, -0.2) is 43.4 Å². The zero-order valence-electron chi connectivity index (χ0n) is 25.2. The van der Waals surface area contributed by atoms with E-state index in [0.29, 0.717) is 54.6 Å². The first kappa shape index (κ1) is 30.3. The SMILES string of the molecule is CC[C@H]1C(=O)C2C3CC[C@H]([C@H](C)CCOC(=O)NS(=O)(=O)C4CCCCC4)[C@@]3(C)CC[C@@H]2[C@@]2(C)CC[C@@H](O)CC12. The summed E-state index contributed by atoms with van der Waals surface area (Å²) in [6, 6.07) is 0. The minimum absolute atomic E-state index is 0.0665. The Morgan fingerprint density at radius 2 is 1.68 bits per heavy atom. The summed E-state index contributed by atoms with van der Waals surface area (Å²) in [5.74, 6) is 2.58. The molecule has 7 nitrogen and oxygen atoms in total. The van der Waals surface area contributed by atoms with Crippen LogP contribution in [0.5, 0.6) is 0 Å². The van der Waals surface area contributed by atoms with Gasteiger partial charge in [-0.15, -0.1) is 0 Å². The average Bonchev–Trinajstić information content (AvgIpc) is 3.27. The Kier molecular flexibility index (Phi) is 8.72. The van der Waals surface area contributed by atoms with Crippen LogP contribution in [0.3, 0.4) is 0 Å². The summed E-state index contributed by atoms with van der Waals surface area (Å²) in [4.78, 5) is 26.5.